The van der Waals surface area contributed by atoms with Gasteiger partial charge in [0, 0.05) is 23.5 Å². The van der Waals surface area contributed by atoms with Crippen LogP contribution in [0.3, 0.4) is 0 Å². The molecule has 2 amide bonds. The summed E-state index contributed by atoms with van der Waals surface area (Å²) in [5.74, 6) is -0.424. The second kappa shape index (κ2) is 7.45. The first kappa shape index (κ1) is 20.5. The van der Waals surface area contributed by atoms with Gasteiger partial charge in [-0.3, -0.25) is 4.79 Å². The molecule has 2 atom stereocenters. The molecule has 26 heavy (non-hydrogen) atoms. The highest BCUT2D eigenvalue weighted by atomic mass is 35.5. The number of amides is 2. The molecule has 3 N–H and O–H groups in total. The number of rotatable bonds is 4. The fourth-order valence-electron chi connectivity index (χ4n) is 3.61. The molecular weight excluding hydrogens is 356 g/mol. The number of carbonyl (C=O) groups is 2. The number of hydrogen-bond acceptors (Lipinski definition) is 3. The van der Waals surface area contributed by atoms with Crippen LogP contribution in [0, 0.1) is 11.3 Å². The van der Waals surface area contributed by atoms with Crippen molar-refractivity contribution in [2.24, 2.45) is 11.3 Å². The standard InChI is InChI=1S/C19H27ClN2O4/c1-12(2)15(21-17(24)25)16(23)22-10-9-19(26,18(3,4)11-22)13-5-7-14(20)8-6-13/h5-8,12,15,21,26H,9-11H2,1-4H3,(H,24,25)/t15-,19+/m1/s1. The highest BCUT2D eigenvalue weighted by molar-refractivity contribution is 6.30. The van der Waals surface area contributed by atoms with Gasteiger partial charge in [0.1, 0.15) is 6.04 Å². The third kappa shape index (κ3) is 3.96. The van der Waals surface area contributed by atoms with Gasteiger partial charge < -0.3 is 20.4 Å². The van der Waals surface area contributed by atoms with Gasteiger partial charge in [0.15, 0.2) is 0 Å². The maximum atomic E-state index is 12.9. The summed E-state index contributed by atoms with van der Waals surface area (Å²) in [6.45, 7) is 8.11. The average Bonchev–Trinajstić information content (AvgIpc) is 2.54. The lowest BCUT2D eigenvalue weighted by Crippen LogP contribution is -2.60. The Morgan fingerprint density at radius 2 is 1.81 bits per heavy atom. The molecule has 0 spiro atoms. The van der Waals surface area contributed by atoms with Crippen molar-refractivity contribution in [2.45, 2.75) is 45.8 Å². The molecule has 0 saturated carbocycles. The van der Waals surface area contributed by atoms with Crippen LogP contribution in [0.15, 0.2) is 24.3 Å². The van der Waals surface area contributed by atoms with E-state index in [0.717, 1.165) is 5.56 Å². The van der Waals surface area contributed by atoms with Gasteiger partial charge in [0.2, 0.25) is 5.91 Å². The van der Waals surface area contributed by atoms with Gasteiger partial charge in [-0.1, -0.05) is 51.4 Å². The number of benzene rings is 1. The number of nitrogens with one attached hydrogen (secondary N) is 1. The zero-order valence-corrected chi connectivity index (χ0v) is 16.4. The van der Waals surface area contributed by atoms with Crippen LogP contribution in [0.1, 0.15) is 39.7 Å². The summed E-state index contributed by atoms with van der Waals surface area (Å²) in [6.07, 6.45) is -0.850. The maximum absolute atomic E-state index is 12.9. The molecule has 6 nitrogen and oxygen atoms in total. The number of aliphatic hydroxyl groups is 1. The Bertz CT molecular complexity index is 675. The lowest BCUT2D eigenvalue weighted by atomic mass is 9.66. The number of carboxylic acid groups (broad SMARTS) is 1. The molecule has 1 fully saturated rings. The molecule has 144 valence electrons. The number of piperidine rings is 1. The Hall–Kier alpha value is -1.79. The number of likely N-dealkylation sites (tertiary alicyclic amines) is 1. The van der Waals surface area contributed by atoms with Crippen LogP contribution in [0.5, 0.6) is 0 Å². The van der Waals surface area contributed by atoms with Gasteiger partial charge >= 0.3 is 6.09 Å². The fraction of sp³-hybridized carbons (Fsp3) is 0.579. The van der Waals surface area contributed by atoms with E-state index < -0.39 is 23.2 Å². The van der Waals surface area contributed by atoms with Crippen LogP contribution in [0.2, 0.25) is 5.02 Å². The molecule has 2 rings (SSSR count). The highest BCUT2D eigenvalue weighted by Crippen LogP contribution is 2.46. The van der Waals surface area contributed by atoms with E-state index in [0.29, 0.717) is 24.5 Å². The molecule has 1 aromatic carbocycles. The van der Waals surface area contributed by atoms with Crippen LogP contribution in [-0.4, -0.2) is 46.2 Å². The average molecular weight is 383 g/mol. The molecule has 1 aliphatic rings. The van der Waals surface area contributed by atoms with Crippen molar-refractivity contribution in [1.82, 2.24) is 10.2 Å². The van der Waals surface area contributed by atoms with Crippen LogP contribution in [-0.2, 0) is 10.4 Å². The van der Waals surface area contributed by atoms with Gasteiger partial charge in [-0.2, -0.15) is 0 Å². The number of hydrogen-bond donors (Lipinski definition) is 3. The monoisotopic (exact) mass is 382 g/mol. The van der Waals surface area contributed by atoms with Gasteiger partial charge in [-0.15, -0.1) is 0 Å². The Labute approximate surface area is 159 Å². The number of nitrogens with zero attached hydrogens (tertiary/aromatic N) is 1. The van der Waals surface area contributed by atoms with Gasteiger partial charge in [0.05, 0.1) is 5.60 Å². The summed E-state index contributed by atoms with van der Waals surface area (Å²) < 4.78 is 0. The maximum Gasteiger partial charge on any atom is 0.405 e. The van der Waals surface area contributed by atoms with Crippen molar-refractivity contribution in [2.75, 3.05) is 13.1 Å². The van der Waals surface area contributed by atoms with Crippen molar-refractivity contribution in [3.05, 3.63) is 34.9 Å². The molecule has 1 heterocycles. The predicted octanol–water partition coefficient (Wildman–Crippen LogP) is 3.08. The first-order valence-electron chi connectivity index (χ1n) is 8.74. The molecule has 0 unspecified atom stereocenters. The van der Waals surface area contributed by atoms with Crippen LogP contribution in [0.4, 0.5) is 4.79 Å². The Morgan fingerprint density at radius 3 is 2.27 bits per heavy atom. The molecule has 0 bridgehead atoms. The number of halogens is 1. The van der Waals surface area contributed by atoms with Gasteiger partial charge in [-0.25, -0.2) is 4.79 Å². The Kier molecular flexibility index (Phi) is 5.88. The zero-order chi connectivity index (χ0) is 19.7. The van der Waals surface area contributed by atoms with Crippen LogP contribution < -0.4 is 5.32 Å². The topological polar surface area (TPSA) is 89.9 Å². The second-order valence-electron chi connectivity index (χ2n) is 7.93. The third-order valence-electron chi connectivity index (χ3n) is 5.29. The minimum Gasteiger partial charge on any atom is -0.465 e. The highest BCUT2D eigenvalue weighted by Gasteiger charge is 2.50. The van der Waals surface area contributed by atoms with E-state index >= 15 is 0 Å². The van der Waals surface area contributed by atoms with E-state index in [-0.39, 0.29) is 11.8 Å². The third-order valence-corrected chi connectivity index (χ3v) is 5.55. The van der Waals surface area contributed by atoms with Crippen molar-refractivity contribution in [3.63, 3.8) is 0 Å². The predicted molar refractivity (Wildman–Crippen MR) is 100 cm³/mol. The molecule has 1 aliphatic heterocycles. The van der Waals surface area contributed by atoms with E-state index in [1.165, 1.54) is 0 Å². The smallest absolute Gasteiger partial charge is 0.405 e. The Morgan fingerprint density at radius 1 is 1.23 bits per heavy atom. The van der Waals surface area contributed by atoms with E-state index in [1.807, 2.05) is 26.0 Å². The normalized spacial score (nSPS) is 23.6. The van der Waals surface area contributed by atoms with Gasteiger partial charge in [-0.05, 0) is 30.0 Å². The summed E-state index contributed by atoms with van der Waals surface area (Å²) in [5.41, 5.74) is -0.940. The van der Waals surface area contributed by atoms with E-state index in [2.05, 4.69) is 5.32 Å². The fourth-order valence-corrected chi connectivity index (χ4v) is 3.74. The minimum atomic E-state index is -1.22. The summed E-state index contributed by atoms with van der Waals surface area (Å²) in [5, 5.41) is 23.3. The second-order valence-corrected chi connectivity index (χ2v) is 8.37. The summed E-state index contributed by atoms with van der Waals surface area (Å²) >= 11 is 5.95. The molecule has 7 heteroatoms. The van der Waals surface area contributed by atoms with E-state index in [4.69, 9.17) is 16.7 Å². The SMILES string of the molecule is CC(C)[C@@H](NC(=O)O)C(=O)N1CC[C@](O)(c2ccc(Cl)cc2)C(C)(C)C1. The lowest BCUT2D eigenvalue weighted by molar-refractivity contribution is -0.155. The number of carbonyl (C=O) groups excluding carboxylic acids is 1. The largest absolute Gasteiger partial charge is 0.465 e. The minimum absolute atomic E-state index is 0.168. The van der Waals surface area contributed by atoms with Crippen molar-refractivity contribution in [1.29, 1.82) is 0 Å². The summed E-state index contributed by atoms with van der Waals surface area (Å²) in [4.78, 5) is 25.5. The molecular formula is C19H27ClN2O4. The lowest BCUT2D eigenvalue weighted by Gasteiger charge is -2.51. The molecule has 0 aromatic heterocycles. The Balaban J connectivity index is 2.23. The first-order chi connectivity index (χ1) is 12.0. The summed E-state index contributed by atoms with van der Waals surface area (Å²) in [6, 6.07) is 6.31. The van der Waals surface area contributed by atoms with Crippen molar-refractivity contribution < 1.29 is 19.8 Å². The van der Waals surface area contributed by atoms with Gasteiger partial charge in [0.25, 0.3) is 0 Å². The van der Waals surface area contributed by atoms with E-state index in [9.17, 15) is 14.7 Å². The molecule has 0 aliphatic carbocycles. The quantitative estimate of drug-likeness (QED) is 0.746. The summed E-state index contributed by atoms with van der Waals surface area (Å²) in [7, 11) is 0. The molecule has 1 saturated heterocycles. The van der Waals surface area contributed by atoms with Crippen molar-refractivity contribution in [3.8, 4) is 0 Å². The first-order valence-corrected chi connectivity index (χ1v) is 9.12. The van der Waals surface area contributed by atoms with E-state index in [1.54, 1.807) is 30.9 Å². The van der Waals surface area contributed by atoms with Crippen LogP contribution >= 0.6 is 11.6 Å². The van der Waals surface area contributed by atoms with Crippen LogP contribution in [0.25, 0.3) is 0 Å². The van der Waals surface area contributed by atoms with Crippen molar-refractivity contribution >= 4 is 23.6 Å². The zero-order valence-electron chi connectivity index (χ0n) is 15.6. The molecule has 0 radical (unpaired) electrons. The molecule has 1 aromatic rings.